The highest BCUT2D eigenvalue weighted by molar-refractivity contribution is 5.94. The first-order valence-corrected chi connectivity index (χ1v) is 10.6. The smallest absolute Gasteiger partial charge is 0.192 e. The molecule has 1 aliphatic carbocycles. The lowest BCUT2D eigenvalue weighted by Crippen LogP contribution is -2.52. The molecule has 0 bridgehead atoms. The predicted molar refractivity (Wildman–Crippen MR) is 115 cm³/mol. The van der Waals surface area contributed by atoms with Crippen molar-refractivity contribution in [1.29, 1.82) is 0 Å². The Kier molecular flexibility index (Phi) is 4.18. The van der Waals surface area contributed by atoms with Gasteiger partial charge in [0.1, 0.15) is 0 Å². The van der Waals surface area contributed by atoms with E-state index in [-0.39, 0.29) is 11.0 Å². The molecular weight excluding hydrogens is 326 g/mol. The molecule has 0 saturated heterocycles. The Bertz CT molecular complexity index is 1020. The first-order chi connectivity index (χ1) is 13.0. The Morgan fingerprint density at radius 2 is 1.78 bits per heavy atom. The third-order valence-corrected chi connectivity index (χ3v) is 7.23. The van der Waals surface area contributed by atoms with Crippen LogP contribution >= 0.6 is 0 Å². The summed E-state index contributed by atoms with van der Waals surface area (Å²) in [5.41, 5.74) is 6.34. The standard InChI is InChI=1S/C24H26N.C2H6/c1-5-16(2)18-10-11-20-21(14-18)23(3)15-24(23,4)25-13-12-17-8-6-7-9-19(17)22(20)25;1-2/h6-14,16H,5,15H2,1-4H3;1-2H3/q+1;. The molecule has 1 heteroatoms. The number of fused-ring (bicyclic) bond motifs is 8. The molecule has 1 aliphatic heterocycles. The minimum absolute atomic E-state index is 0.202. The fourth-order valence-electron chi connectivity index (χ4n) is 5.05. The first kappa shape index (κ1) is 18.2. The summed E-state index contributed by atoms with van der Waals surface area (Å²) >= 11 is 0. The maximum atomic E-state index is 2.56. The maximum absolute atomic E-state index is 2.56. The van der Waals surface area contributed by atoms with E-state index >= 15 is 0 Å². The summed E-state index contributed by atoms with van der Waals surface area (Å²) in [4.78, 5) is 0. The number of nitrogens with zero attached hydrogens (tertiary/aromatic N) is 1. The van der Waals surface area contributed by atoms with E-state index in [1.807, 2.05) is 13.8 Å². The van der Waals surface area contributed by atoms with Crippen molar-refractivity contribution in [2.24, 2.45) is 0 Å². The number of benzene rings is 2. The molecule has 0 amide bonds. The maximum Gasteiger partial charge on any atom is 0.221 e. The Hall–Kier alpha value is -2.15. The van der Waals surface area contributed by atoms with Gasteiger partial charge in [0.15, 0.2) is 11.7 Å². The van der Waals surface area contributed by atoms with Gasteiger partial charge >= 0.3 is 0 Å². The van der Waals surface area contributed by atoms with Crippen molar-refractivity contribution in [1.82, 2.24) is 0 Å². The summed E-state index contributed by atoms with van der Waals surface area (Å²) in [6.07, 6.45) is 4.74. The fraction of sp³-hybridized carbons (Fsp3) is 0.423. The molecule has 1 nitrogen and oxygen atoms in total. The number of aromatic nitrogens is 1. The van der Waals surface area contributed by atoms with Gasteiger partial charge in [-0.15, -0.1) is 0 Å². The molecule has 5 rings (SSSR count). The molecule has 0 radical (unpaired) electrons. The topological polar surface area (TPSA) is 3.88 Å². The fourth-order valence-corrected chi connectivity index (χ4v) is 5.05. The Morgan fingerprint density at radius 3 is 2.52 bits per heavy atom. The van der Waals surface area contributed by atoms with Gasteiger partial charge in [-0.3, -0.25) is 0 Å². The number of pyridine rings is 1. The van der Waals surface area contributed by atoms with Gasteiger partial charge in [-0.2, -0.15) is 4.57 Å². The molecule has 1 saturated carbocycles. The van der Waals surface area contributed by atoms with Crippen LogP contribution in [0.1, 0.15) is 71.4 Å². The SMILES string of the molecule is CC.CCC(C)c1ccc2c(c1)C1(C)CC1(C)[n+]1ccc3ccccc3c1-2. The van der Waals surface area contributed by atoms with Gasteiger partial charge in [0, 0.05) is 19.4 Å². The largest absolute Gasteiger partial charge is 0.221 e. The quantitative estimate of drug-likeness (QED) is 0.447. The number of rotatable bonds is 2. The molecule has 27 heavy (non-hydrogen) atoms. The number of hydrogen-bond acceptors (Lipinski definition) is 0. The lowest BCUT2D eigenvalue weighted by atomic mass is 9.80. The zero-order chi connectivity index (χ0) is 19.4. The average molecular weight is 359 g/mol. The summed E-state index contributed by atoms with van der Waals surface area (Å²) < 4.78 is 2.56. The van der Waals surface area contributed by atoms with E-state index in [4.69, 9.17) is 0 Å². The molecule has 0 spiro atoms. The van der Waals surface area contributed by atoms with E-state index in [9.17, 15) is 0 Å². The van der Waals surface area contributed by atoms with E-state index in [1.54, 1.807) is 5.56 Å². The highest BCUT2D eigenvalue weighted by Crippen LogP contribution is 2.64. The van der Waals surface area contributed by atoms with Crippen molar-refractivity contribution in [2.75, 3.05) is 0 Å². The van der Waals surface area contributed by atoms with Gasteiger partial charge in [-0.25, -0.2) is 0 Å². The third kappa shape index (κ3) is 2.33. The van der Waals surface area contributed by atoms with Crippen molar-refractivity contribution in [3.05, 3.63) is 65.9 Å². The molecule has 2 aliphatic rings. The number of hydrogen-bond donors (Lipinski definition) is 0. The molecule has 1 fully saturated rings. The molecule has 2 aromatic carbocycles. The van der Waals surface area contributed by atoms with Crippen LogP contribution in [-0.2, 0) is 11.0 Å². The lowest BCUT2D eigenvalue weighted by Gasteiger charge is -2.27. The summed E-state index contributed by atoms with van der Waals surface area (Å²) in [6.45, 7) is 13.5. The van der Waals surface area contributed by atoms with Gasteiger partial charge in [0.25, 0.3) is 0 Å². The third-order valence-electron chi connectivity index (χ3n) is 7.23. The monoisotopic (exact) mass is 358 g/mol. The zero-order valence-corrected chi connectivity index (χ0v) is 17.6. The van der Waals surface area contributed by atoms with Gasteiger partial charge in [0.05, 0.1) is 16.4 Å². The van der Waals surface area contributed by atoms with Gasteiger partial charge in [-0.05, 0) is 47.9 Å². The van der Waals surface area contributed by atoms with Crippen molar-refractivity contribution < 1.29 is 4.57 Å². The van der Waals surface area contributed by atoms with Crippen molar-refractivity contribution in [3.8, 4) is 11.3 Å². The normalized spacial score (nSPS) is 25.6. The van der Waals surface area contributed by atoms with Crippen LogP contribution in [0.15, 0.2) is 54.7 Å². The molecular formula is C26H32N+. The summed E-state index contributed by atoms with van der Waals surface area (Å²) in [7, 11) is 0. The molecule has 1 aromatic heterocycles. The summed E-state index contributed by atoms with van der Waals surface area (Å²) in [5, 5.41) is 2.70. The highest BCUT2D eigenvalue weighted by Gasteiger charge is 2.73. The molecule has 3 aromatic rings. The van der Waals surface area contributed by atoms with Crippen LogP contribution < -0.4 is 4.57 Å². The van der Waals surface area contributed by atoms with Crippen LogP contribution in [0.25, 0.3) is 22.0 Å². The van der Waals surface area contributed by atoms with Crippen molar-refractivity contribution >= 4 is 10.8 Å². The van der Waals surface area contributed by atoms with Gasteiger partial charge < -0.3 is 0 Å². The summed E-state index contributed by atoms with van der Waals surface area (Å²) in [6, 6.07) is 18.3. The Morgan fingerprint density at radius 1 is 1.04 bits per heavy atom. The van der Waals surface area contributed by atoms with E-state index in [2.05, 4.69) is 87.0 Å². The molecule has 2 heterocycles. The van der Waals surface area contributed by atoms with Crippen molar-refractivity contribution in [3.63, 3.8) is 0 Å². The van der Waals surface area contributed by atoms with E-state index in [1.165, 1.54) is 40.4 Å². The van der Waals surface area contributed by atoms with Gasteiger partial charge in [-0.1, -0.05) is 58.0 Å². The Balaban J connectivity index is 0.000000872. The molecule has 0 N–H and O–H groups in total. The first-order valence-electron chi connectivity index (χ1n) is 10.6. The van der Waals surface area contributed by atoms with Crippen LogP contribution in [0.5, 0.6) is 0 Å². The second-order valence-electron chi connectivity index (χ2n) is 8.52. The minimum Gasteiger partial charge on any atom is -0.192 e. The van der Waals surface area contributed by atoms with Gasteiger partial charge in [0.2, 0.25) is 5.69 Å². The average Bonchev–Trinajstić information content (AvgIpc) is 3.32. The van der Waals surface area contributed by atoms with E-state index in [0.717, 1.165) is 0 Å². The van der Waals surface area contributed by atoms with E-state index in [0.29, 0.717) is 5.92 Å². The highest BCUT2D eigenvalue weighted by atomic mass is 15.1. The molecule has 3 unspecified atom stereocenters. The predicted octanol–water partition coefficient (Wildman–Crippen LogP) is 6.72. The lowest BCUT2D eigenvalue weighted by molar-refractivity contribution is -0.730. The van der Waals surface area contributed by atoms with Crippen molar-refractivity contribution in [2.45, 2.75) is 71.3 Å². The summed E-state index contributed by atoms with van der Waals surface area (Å²) in [5.74, 6) is 0.625. The Labute approximate surface area is 164 Å². The molecule has 140 valence electrons. The van der Waals surface area contributed by atoms with Crippen LogP contribution in [0.3, 0.4) is 0 Å². The van der Waals surface area contributed by atoms with Crippen LogP contribution in [0, 0.1) is 0 Å². The minimum atomic E-state index is 0.202. The zero-order valence-electron chi connectivity index (χ0n) is 17.6. The second kappa shape index (κ2) is 6.19. The van der Waals surface area contributed by atoms with E-state index < -0.39 is 0 Å². The van der Waals surface area contributed by atoms with Crippen LogP contribution in [0.2, 0.25) is 0 Å². The second-order valence-corrected chi connectivity index (χ2v) is 8.52. The van der Waals surface area contributed by atoms with Crippen LogP contribution in [-0.4, -0.2) is 0 Å². The molecule has 3 atom stereocenters. The van der Waals surface area contributed by atoms with Crippen LogP contribution in [0.4, 0.5) is 0 Å².